The van der Waals surface area contributed by atoms with Crippen molar-refractivity contribution in [3.05, 3.63) is 73.9 Å². The van der Waals surface area contributed by atoms with E-state index in [-0.39, 0.29) is 22.0 Å². The molecule has 0 fully saturated rings. The Morgan fingerprint density at radius 1 is 1.23 bits per heavy atom. The van der Waals surface area contributed by atoms with Crippen LogP contribution in [0.1, 0.15) is 5.56 Å². The summed E-state index contributed by atoms with van der Waals surface area (Å²) in [6.07, 6.45) is 1.13. The normalized spacial score (nSPS) is 10.8. The first-order chi connectivity index (χ1) is 12.3. The van der Waals surface area contributed by atoms with Gasteiger partial charge in [-0.1, -0.05) is 29.3 Å². The molecule has 7 nitrogen and oxygen atoms in total. The number of nitro benzene ring substituents is 1. The van der Waals surface area contributed by atoms with Crippen molar-refractivity contribution in [1.29, 1.82) is 5.26 Å². The number of benzene rings is 2. The van der Waals surface area contributed by atoms with Crippen LogP contribution in [0.25, 0.3) is 0 Å². The summed E-state index contributed by atoms with van der Waals surface area (Å²) in [5.41, 5.74) is 1.02. The van der Waals surface area contributed by atoms with E-state index in [0.29, 0.717) is 10.7 Å². The molecule has 26 heavy (non-hydrogen) atoms. The molecule has 0 saturated heterocycles. The lowest BCUT2D eigenvalue weighted by molar-refractivity contribution is -0.384. The lowest BCUT2D eigenvalue weighted by atomic mass is 10.2. The summed E-state index contributed by atoms with van der Waals surface area (Å²) < 4.78 is 0. The minimum absolute atomic E-state index is 0.178. The van der Waals surface area contributed by atoms with Gasteiger partial charge < -0.3 is 10.6 Å². The molecular formula is C17H12Cl2N4O3. The Balaban J connectivity index is 2.21. The number of carbonyl (C=O) groups excluding carboxylic acids is 1. The number of carbonyl (C=O) groups is 1. The SMILES string of the molecule is Cc1ccc(Cl)cc1NC(=O)/C(C#N)=C\Nc1cc([N+](=O)[O-])ccc1Cl. The number of nitro groups is 1. The Morgan fingerprint density at radius 2 is 1.96 bits per heavy atom. The molecule has 0 spiro atoms. The highest BCUT2D eigenvalue weighted by Gasteiger charge is 2.13. The van der Waals surface area contributed by atoms with Crippen molar-refractivity contribution in [2.75, 3.05) is 10.6 Å². The molecule has 2 N–H and O–H groups in total. The molecular weight excluding hydrogens is 379 g/mol. The number of hydrogen-bond acceptors (Lipinski definition) is 5. The van der Waals surface area contributed by atoms with E-state index in [0.717, 1.165) is 11.8 Å². The van der Waals surface area contributed by atoms with Crippen LogP contribution in [0.15, 0.2) is 48.2 Å². The number of amides is 1. The third-order valence-corrected chi connectivity index (χ3v) is 3.91. The van der Waals surface area contributed by atoms with Gasteiger partial charge in [-0.15, -0.1) is 0 Å². The zero-order valence-electron chi connectivity index (χ0n) is 13.4. The monoisotopic (exact) mass is 390 g/mol. The first-order valence-corrected chi connectivity index (χ1v) is 7.95. The largest absolute Gasteiger partial charge is 0.359 e. The second-order valence-electron chi connectivity index (χ2n) is 5.15. The van der Waals surface area contributed by atoms with Gasteiger partial charge in [-0.05, 0) is 30.7 Å². The Bertz CT molecular complexity index is 952. The van der Waals surface area contributed by atoms with E-state index < -0.39 is 10.8 Å². The van der Waals surface area contributed by atoms with Crippen LogP contribution in [-0.4, -0.2) is 10.8 Å². The fourth-order valence-corrected chi connectivity index (χ4v) is 2.30. The zero-order chi connectivity index (χ0) is 19.3. The first-order valence-electron chi connectivity index (χ1n) is 7.20. The quantitative estimate of drug-likeness (QED) is 0.333. The van der Waals surface area contributed by atoms with E-state index >= 15 is 0 Å². The van der Waals surface area contributed by atoms with E-state index in [1.807, 2.05) is 0 Å². The number of nitrogens with zero attached hydrogens (tertiary/aromatic N) is 2. The van der Waals surface area contributed by atoms with E-state index in [1.54, 1.807) is 31.2 Å². The summed E-state index contributed by atoms with van der Waals surface area (Å²) in [6.45, 7) is 1.78. The van der Waals surface area contributed by atoms with Crippen molar-refractivity contribution < 1.29 is 9.72 Å². The number of nitriles is 1. The minimum Gasteiger partial charge on any atom is -0.359 e. The summed E-state index contributed by atoms with van der Waals surface area (Å²) in [5.74, 6) is -0.660. The van der Waals surface area contributed by atoms with E-state index in [9.17, 15) is 20.2 Å². The maximum Gasteiger partial charge on any atom is 0.271 e. The van der Waals surface area contributed by atoms with E-state index in [2.05, 4.69) is 10.6 Å². The van der Waals surface area contributed by atoms with Crippen LogP contribution in [0, 0.1) is 28.4 Å². The van der Waals surface area contributed by atoms with Gasteiger partial charge in [-0.25, -0.2) is 0 Å². The molecule has 2 rings (SSSR count). The fraction of sp³-hybridized carbons (Fsp3) is 0.0588. The van der Waals surface area contributed by atoms with Gasteiger partial charge in [0.15, 0.2) is 0 Å². The molecule has 0 bridgehead atoms. The molecule has 0 aliphatic carbocycles. The molecule has 1 amide bonds. The Kier molecular flexibility index (Phi) is 6.17. The summed E-state index contributed by atoms with van der Waals surface area (Å²) in [5, 5.41) is 25.9. The lowest BCUT2D eigenvalue weighted by Gasteiger charge is -2.09. The summed E-state index contributed by atoms with van der Waals surface area (Å²) in [4.78, 5) is 22.5. The molecule has 0 aliphatic heterocycles. The zero-order valence-corrected chi connectivity index (χ0v) is 14.9. The van der Waals surface area contributed by atoms with Crippen molar-refractivity contribution >= 4 is 46.2 Å². The predicted octanol–water partition coefficient (Wildman–Crippen LogP) is 4.67. The maximum atomic E-state index is 12.3. The van der Waals surface area contributed by atoms with Crippen LogP contribution in [0.5, 0.6) is 0 Å². The lowest BCUT2D eigenvalue weighted by Crippen LogP contribution is -2.15. The van der Waals surface area contributed by atoms with E-state index in [4.69, 9.17) is 23.2 Å². The molecule has 132 valence electrons. The van der Waals surface area contributed by atoms with Gasteiger partial charge >= 0.3 is 0 Å². The topological polar surface area (TPSA) is 108 Å². The number of aryl methyl sites for hydroxylation is 1. The Hall–Kier alpha value is -3.08. The fourth-order valence-electron chi connectivity index (χ4n) is 1.95. The molecule has 0 radical (unpaired) electrons. The Labute approximate surface area is 159 Å². The minimum atomic E-state index is -0.660. The third kappa shape index (κ3) is 4.72. The van der Waals surface area contributed by atoms with Crippen molar-refractivity contribution in [1.82, 2.24) is 0 Å². The van der Waals surface area contributed by atoms with Crippen molar-refractivity contribution in [3.8, 4) is 6.07 Å². The van der Waals surface area contributed by atoms with Crippen molar-refractivity contribution in [2.45, 2.75) is 6.92 Å². The maximum absolute atomic E-state index is 12.3. The number of halogens is 2. The van der Waals surface area contributed by atoms with Gasteiger partial charge in [0.25, 0.3) is 11.6 Å². The summed E-state index contributed by atoms with van der Waals surface area (Å²) in [7, 11) is 0. The van der Waals surface area contributed by atoms with Crippen LogP contribution in [0.3, 0.4) is 0 Å². The second kappa shape index (κ2) is 8.34. The molecule has 0 aliphatic rings. The van der Waals surface area contributed by atoms with Crippen LogP contribution in [0.2, 0.25) is 10.0 Å². The summed E-state index contributed by atoms with van der Waals surface area (Å²) in [6, 6.07) is 10.5. The second-order valence-corrected chi connectivity index (χ2v) is 5.99. The number of non-ortho nitro benzene ring substituents is 1. The number of rotatable bonds is 5. The third-order valence-electron chi connectivity index (χ3n) is 3.35. The van der Waals surface area contributed by atoms with Gasteiger partial charge in [-0.3, -0.25) is 14.9 Å². The molecule has 0 unspecified atom stereocenters. The standard InChI is InChI=1S/C17H12Cl2N4O3/c1-10-2-3-12(18)6-15(10)22-17(24)11(8-20)9-21-16-7-13(23(25)26)4-5-14(16)19/h2-7,9,21H,1H3,(H,22,24)/b11-9-. The van der Waals surface area contributed by atoms with E-state index in [1.165, 1.54) is 18.2 Å². The van der Waals surface area contributed by atoms with Crippen LogP contribution >= 0.6 is 23.2 Å². The number of anilines is 2. The molecule has 2 aromatic rings. The van der Waals surface area contributed by atoms with Gasteiger partial charge in [0, 0.05) is 29.0 Å². The molecule has 2 aromatic carbocycles. The van der Waals surface area contributed by atoms with Gasteiger partial charge in [-0.2, -0.15) is 5.26 Å². The molecule has 0 saturated carbocycles. The smallest absolute Gasteiger partial charge is 0.271 e. The molecule has 0 atom stereocenters. The van der Waals surface area contributed by atoms with Gasteiger partial charge in [0.05, 0.1) is 15.6 Å². The van der Waals surface area contributed by atoms with Crippen LogP contribution in [0.4, 0.5) is 17.1 Å². The summed E-state index contributed by atoms with van der Waals surface area (Å²) >= 11 is 11.9. The highest BCUT2D eigenvalue weighted by molar-refractivity contribution is 6.33. The number of hydrogen-bond donors (Lipinski definition) is 2. The highest BCUT2D eigenvalue weighted by atomic mass is 35.5. The van der Waals surface area contributed by atoms with Crippen molar-refractivity contribution in [3.63, 3.8) is 0 Å². The highest BCUT2D eigenvalue weighted by Crippen LogP contribution is 2.27. The van der Waals surface area contributed by atoms with Crippen molar-refractivity contribution in [2.24, 2.45) is 0 Å². The average molecular weight is 391 g/mol. The van der Waals surface area contributed by atoms with Gasteiger partial charge in [0.2, 0.25) is 0 Å². The molecule has 9 heteroatoms. The Morgan fingerprint density at radius 3 is 2.62 bits per heavy atom. The average Bonchev–Trinajstić information content (AvgIpc) is 2.59. The van der Waals surface area contributed by atoms with Crippen LogP contribution < -0.4 is 10.6 Å². The van der Waals surface area contributed by atoms with Crippen LogP contribution in [-0.2, 0) is 4.79 Å². The first kappa shape index (κ1) is 19.2. The molecule has 0 heterocycles. The molecule has 0 aromatic heterocycles. The predicted molar refractivity (Wildman–Crippen MR) is 100 cm³/mol. The van der Waals surface area contributed by atoms with Gasteiger partial charge in [0.1, 0.15) is 11.6 Å². The number of nitrogens with one attached hydrogen (secondary N) is 2.